The number of nitrogens with two attached hydrogens (primary N) is 1. The van der Waals surface area contributed by atoms with Gasteiger partial charge >= 0.3 is 0 Å². The molecule has 1 saturated heterocycles. The van der Waals surface area contributed by atoms with E-state index in [0.717, 1.165) is 4.90 Å². The van der Waals surface area contributed by atoms with Crippen molar-refractivity contribution in [2.24, 2.45) is 5.73 Å². The lowest BCUT2D eigenvalue weighted by Crippen LogP contribution is -2.44. The predicted molar refractivity (Wildman–Crippen MR) is 167 cm³/mol. The molecule has 0 aliphatic carbocycles. The highest BCUT2D eigenvalue weighted by Gasteiger charge is 2.40. The Morgan fingerprint density at radius 2 is 1.76 bits per heavy atom. The van der Waals surface area contributed by atoms with Crippen molar-refractivity contribution in [3.05, 3.63) is 101 Å². The van der Waals surface area contributed by atoms with Gasteiger partial charge in [-0.05, 0) is 29.8 Å². The highest BCUT2D eigenvalue weighted by atomic mass is 35.5. The molecule has 46 heavy (non-hydrogen) atoms. The molecule has 0 saturated carbocycles. The molecule has 5 aromatic rings. The number of nitrogens with one attached hydrogen (secondary N) is 1. The topological polar surface area (TPSA) is 140 Å². The van der Waals surface area contributed by atoms with Crippen molar-refractivity contribution in [3.8, 4) is 22.3 Å². The lowest BCUT2D eigenvalue weighted by Gasteiger charge is -2.24. The Bertz CT molecular complexity index is 2020. The first-order valence-electron chi connectivity index (χ1n) is 14.1. The van der Waals surface area contributed by atoms with Crippen LogP contribution in [0, 0.1) is 5.82 Å². The van der Waals surface area contributed by atoms with Crippen LogP contribution in [-0.4, -0.2) is 62.2 Å². The van der Waals surface area contributed by atoms with Crippen LogP contribution in [0.2, 0.25) is 5.02 Å². The van der Waals surface area contributed by atoms with Crippen LogP contribution in [0.25, 0.3) is 33.2 Å². The maximum absolute atomic E-state index is 15.5. The number of carbonyl (C=O) groups is 4. The van der Waals surface area contributed by atoms with Gasteiger partial charge in [-0.2, -0.15) is 0 Å². The molecule has 2 aromatic heterocycles. The second-order valence-corrected chi connectivity index (χ2v) is 11.2. The number of anilines is 1. The smallest absolute Gasteiger partial charge is 0.250 e. The number of fused-ring (bicyclic) bond motifs is 1. The molecule has 1 aliphatic heterocycles. The second kappa shape index (κ2) is 12.5. The van der Waals surface area contributed by atoms with Gasteiger partial charge in [0.1, 0.15) is 18.8 Å². The minimum atomic E-state index is -1.48. The molecule has 6 rings (SSSR count). The number of halogens is 3. The van der Waals surface area contributed by atoms with Crippen molar-refractivity contribution in [2.75, 3.05) is 11.9 Å². The number of amides is 3. The van der Waals surface area contributed by atoms with Crippen LogP contribution >= 0.6 is 11.6 Å². The van der Waals surface area contributed by atoms with Crippen molar-refractivity contribution < 1.29 is 28.0 Å². The van der Waals surface area contributed by atoms with Gasteiger partial charge in [0.05, 0.1) is 17.8 Å². The Morgan fingerprint density at radius 1 is 1.02 bits per heavy atom. The number of benzene rings is 3. The van der Waals surface area contributed by atoms with Crippen molar-refractivity contribution >= 4 is 52.2 Å². The van der Waals surface area contributed by atoms with Gasteiger partial charge in [-0.3, -0.25) is 19.2 Å². The first-order chi connectivity index (χ1) is 22.1. The summed E-state index contributed by atoms with van der Waals surface area (Å²) in [6.07, 6.45) is 3.13. The number of nitrogens with zero attached hydrogens (tertiary/aromatic N) is 4. The molecule has 232 valence electrons. The fourth-order valence-corrected chi connectivity index (χ4v) is 5.87. The highest BCUT2D eigenvalue weighted by molar-refractivity contribution is 6.33. The van der Waals surface area contributed by atoms with E-state index >= 15 is 4.39 Å². The monoisotopic (exact) mass is 642 g/mol. The fraction of sp³-hybridized carbons (Fsp3) is 0.152. The van der Waals surface area contributed by atoms with Gasteiger partial charge in [-0.1, -0.05) is 48.0 Å². The van der Waals surface area contributed by atoms with E-state index in [-0.39, 0.29) is 42.1 Å². The minimum Gasteiger partial charge on any atom is -0.366 e. The number of hydrogen-bond donors (Lipinski definition) is 2. The molecule has 0 unspecified atom stereocenters. The zero-order valence-corrected chi connectivity index (χ0v) is 24.7. The summed E-state index contributed by atoms with van der Waals surface area (Å²) in [6.45, 7) is -0.658. The number of likely N-dealkylation sites (tertiary alicyclic amines) is 1. The molecular weight excluding hydrogens is 618 g/mol. The molecule has 13 heteroatoms. The van der Waals surface area contributed by atoms with Crippen LogP contribution in [-0.2, 0) is 16.1 Å². The maximum Gasteiger partial charge on any atom is 0.250 e. The largest absolute Gasteiger partial charge is 0.366 e. The quantitative estimate of drug-likeness (QED) is 0.227. The molecular formula is C33H25ClF2N6O4. The van der Waals surface area contributed by atoms with E-state index in [1.165, 1.54) is 35.3 Å². The normalized spacial score (nSPS) is 16.0. The molecule has 0 radical (unpaired) electrons. The summed E-state index contributed by atoms with van der Waals surface area (Å²) in [4.78, 5) is 59.2. The lowest BCUT2D eigenvalue weighted by molar-refractivity contribution is -0.137. The van der Waals surface area contributed by atoms with E-state index < -0.39 is 35.8 Å². The van der Waals surface area contributed by atoms with Gasteiger partial charge in [-0.25, -0.2) is 18.7 Å². The Balaban J connectivity index is 1.24. The van der Waals surface area contributed by atoms with E-state index in [4.69, 9.17) is 17.3 Å². The number of alkyl halides is 1. The van der Waals surface area contributed by atoms with Gasteiger partial charge in [0.15, 0.2) is 17.9 Å². The van der Waals surface area contributed by atoms with Crippen molar-refractivity contribution in [2.45, 2.75) is 25.2 Å². The second-order valence-electron chi connectivity index (χ2n) is 10.7. The molecule has 10 nitrogen and oxygen atoms in total. The third-order valence-electron chi connectivity index (χ3n) is 7.86. The first kappa shape index (κ1) is 30.5. The van der Waals surface area contributed by atoms with Gasteiger partial charge in [-0.15, -0.1) is 0 Å². The number of hydrogen-bond acceptors (Lipinski definition) is 6. The van der Waals surface area contributed by atoms with Gasteiger partial charge in [0.25, 0.3) is 5.91 Å². The lowest BCUT2D eigenvalue weighted by atomic mass is 10.0. The minimum absolute atomic E-state index is 0.0208. The average molecular weight is 643 g/mol. The number of aldehydes is 1. The van der Waals surface area contributed by atoms with Crippen LogP contribution in [0.3, 0.4) is 0 Å². The van der Waals surface area contributed by atoms with Gasteiger partial charge in [0.2, 0.25) is 11.8 Å². The van der Waals surface area contributed by atoms with Crippen LogP contribution in [0.1, 0.15) is 27.4 Å². The summed E-state index contributed by atoms with van der Waals surface area (Å²) in [7, 11) is 0. The zero-order valence-electron chi connectivity index (χ0n) is 24.0. The summed E-state index contributed by atoms with van der Waals surface area (Å²) in [5.74, 6) is -2.76. The number of aromatic nitrogens is 3. The van der Waals surface area contributed by atoms with E-state index in [1.807, 2.05) is 0 Å². The van der Waals surface area contributed by atoms with E-state index in [1.54, 1.807) is 48.5 Å². The molecule has 3 N–H and O–H groups in total. The van der Waals surface area contributed by atoms with Crippen LogP contribution in [0.5, 0.6) is 0 Å². The molecule has 1 aliphatic rings. The Kier molecular flexibility index (Phi) is 8.29. The molecule has 0 bridgehead atoms. The summed E-state index contributed by atoms with van der Waals surface area (Å²) in [5, 5.41) is 3.29. The predicted octanol–water partition coefficient (Wildman–Crippen LogP) is 5.05. The third-order valence-corrected chi connectivity index (χ3v) is 8.19. The van der Waals surface area contributed by atoms with E-state index in [2.05, 4.69) is 15.3 Å². The van der Waals surface area contributed by atoms with Gasteiger partial charge < -0.3 is 20.5 Å². The summed E-state index contributed by atoms with van der Waals surface area (Å²) in [5.41, 5.74) is 7.97. The molecule has 2 atom stereocenters. The Hall–Kier alpha value is -5.49. The third kappa shape index (κ3) is 5.82. The summed E-state index contributed by atoms with van der Waals surface area (Å²) in [6, 6.07) is 15.0. The maximum atomic E-state index is 15.5. The summed E-state index contributed by atoms with van der Waals surface area (Å²) < 4.78 is 31.7. The van der Waals surface area contributed by atoms with Crippen molar-refractivity contribution in [1.29, 1.82) is 0 Å². The summed E-state index contributed by atoms with van der Waals surface area (Å²) >= 11 is 6.25. The highest BCUT2D eigenvalue weighted by Crippen LogP contribution is 2.33. The molecule has 3 aromatic carbocycles. The SMILES string of the molecule is NC(=O)c1cn(CC(=O)N2C[C@H](F)C[C@H]2C(=O)Nc2cccc(-c3ccccc3Cl)c2F)c2ccc(-c3cnc(C=O)nc3)cc12. The van der Waals surface area contributed by atoms with E-state index in [9.17, 15) is 23.6 Å². The molecule has 0 spiro atoms. The van der Waals surface area contributed by atoms with Crippen molar-refractivity contribution in [1.82, 2.24) is 19.4 Å². The fourth-order valence-electron chi connectivity index (χ4n) is 5.63. The van der Waals surface area contributed by atoms with Crippen LogP contribution < -0.4 is 11.1 Å². The molecule has 3 amide bonds. The zero-order chi connectivity index (χ0) is 32.5. The Labute approximate surface area is 265 Å². The average Bonchev–Trinajstić information content (AvgIpc) is 3.63. The number of carbonyl (C=O) groups excluding carboxylic acids is 4. The number of primary amides is 1. The van der Waals surface area contributed by atoms with Crippen LogP contribution in [0.15, 0.2) is 79.3 Å². The van der Waals surface area contributed by atoms with Crippen LogP contribution in [0.4, 0.5) is 14.5 Å². The number of rotatable bonds is 8. The van der Waals surface area contributed by atoms with Gasteiger partial charge in [0, 0.05) is 57.6 Å². The molecule has 3 heterocycles. The Morgan fingerprint density at radius 3 is 2.48 bits per heavy atom. The van der Waals surface area contributed by atoms with E-state index in [0.29, 0.717) is 38.9 Å². The standard InChI is InChI=1S/C33H25ClF2N6O4/c34-25-6-2-1-4-21(25)22-5-3-7-26(31(22)36)40-33(46)28-11-20(35)14-42(28)30(44)16-41-15-24(32(37)45)23-10-18(8-9-27(23)41)19-12-38-29(17-43)39-13-19/h1-10,12-13,15,17,20,28H,11,14,16H2,(H2,37,45)(H,40,46)/t20-,28+/m1/s1. The van der Waals surface area contributed by atoms with Crippen molar-refractivity contribution in [3.63, 3.8) is 0 Å². The molecule has 1 fully saturated rings. The first-order valence-corrected chi connectivity index (χ1v) is 14.5.